The van der Waals surface area contributed by atoms with Crippen molar-refractivity contribution in [2.75, 3.05) is 19.5 Å². The van der Waals surface area contributed by atoms with E-state index in [1.54, 1.807) is 18.7 Å². The Morgan fingerprint density at radius 2 is 1.95 bits per heavy atom. The number of unbranched alkanes of at least 4 members (excludes halogenated alkanes) is 1. The Bertz CT molecular complexity index is 398. The first kappa shape index (κ1) is 15.8. The second-order valence-electron chi connectivity index (χ2n) is 4.23. The van der Waals surface area contributed by atoms with Crippen LogP contribution < -0.4 is 4.74 Å². The highest BCUT2D eigenvalue weighted by atomic mass is 32.2. The van der Waals surface area contributed by atoms with Gasteiger partial charge in [0.15, 0.2) is 0 Å². The van der Waals surface area contributed by atoms with Crippen molar-refractivity contribution in [3.8, 4) is 5.75 Å². The van der Waals surface area contributed by atoms with Crippen LogP contribution >= 0.6 is 11.8 Å². The lowest BCUT2D eigenvalue weighted by molar-refractivity contribution is 0.0821. The van der Waals surface area contributed by atoms with Gasteiger partial charge in [-0.1, -0.05) is 13.3 Å². The zero-order valence-electron chi connectivity index (χ0n) is 11.8. The maximum atomic E-state index is 11.2. The van der Waals surface area contributed by atoms with Gasteiger partial charge in [0.25, 0.3) is 0 Å². The molecule has 0 aliphatic carbocycles. The molecule has 1 rings (SSSR count). The molecule has 0 atom stereocenters. The monoisotopic (exact) mass is 281 g/mol. The third kappa shape index (κ3) is 5.92. The SMILES string of the molecule is CCCCOc1ccc(SCC(C)=C([O])OC)cc1. The van der Waals surface area contributed by atoms with Crippen LogP contribution in [0.1, 0.15) is 26.7 Å². The molecule has 1 aromatic carbocycles. The molecule has 1 radical (unpaired) electrons. The molecule has 0 heterocycles. The maximum absolute atomic E-state index is 11.2. The van der Waals surface area contributed by atoms with E-state index in [-0.39, 0.29) is 5.95 Å². The average Bonchev–Trinajstić information content (AvgIpc) is 2.45. The molecule has 0 aliphatic heterocycles. The minimum absolute atomic E-state index is 0.244. The summed E-state index contributed by atoms with van der Waals surface area (Å²) in [5, 5.41) is 11.2. The van der Waals surface area contributed by atoms with Gasteiger partial charge in [-0.15, -0.1) is 11.8 Å². The lowest BCUT2D eigenvalue weighted by Gasteiger charge is -2.07. The highest BCUT2D eigenvalue weighted by molar-refractivity contribution is 7.99. The molecule has 0 bridgehead atoms. The predicted molar refractivity (Wildman–Crippen MR) is 78.0 cm³/mol. The quantitative estimate of drug-likeness (QED) is 0.406. The molecule has 0 aromatic heterocycles. The highest BCUT2D eigenvalue weighted by Gasteiger charge is 2.03. The molecular weight excluding hydrogens is 260 g/mol. The second-order valence-corrected chi connectivity index (χ2v) is 5.28. The van der Waals surface area contributed by atoms with E-state index >= 15 is 0 Å². The van der Waals surface area contributed by atoms with Crippen LogP contribution in [0, 0.1) is 0 Å². The molecule has 0 saturated heterocycles. The van der Waals surface area contributed by atoms with Gasteiger partial charge in [0.2, 0.25) is 0 Å². The molecule has 0 saturated carbocycles. The minimum atomic E-state index is -0.244. The van der Waals surface area contributed by atoms with E-state index in [1.165, 1.54) is 7.11 Å². The fraction of sp³-hybridized carbons (Fsp3) is 0.467. The summed E-state index contributed by atoms with van der Waals surface area (Å²) in [6.45, 7) is 4.70. The first-order valence-corrected chi connectivity index (χ1v) is 7.42. The minimum Gasteiger partial charge on any atom is -0.494 e. The Balaban J connectivity index is 2.44. The number of thioether (sulfide) groups is 1. The zero-order valence-corrected chi connectivity index (χ0v) is 12.6. The summed E-state index contributed by atoms with van der Waals surface area (Å²) in [6.07, 6.45) is 2.21. The summed E-state index contributed by atoms with van der Waals surface area (Å²) in [5.74, 6) is 1.29. The van der Waals surface area contributed by atoms with Crippen LogP contribution in [-0.4, -0.2) is 19.5 Å². The Hall–Kier alpha value is -1.29. The van der Waals surface area contributed by atoms with E-state index in [9.17, 15) is 5.11 Å². The molecule has 1 aromatic rings. The Labute approximate surface area is 119 Å². The number of hydrogen-bond donors (Lipinski definition) is 0. The van der Waals surface area contributed by atoms with Gasteiger partial charge >= 0.3 is 5.95 Å². The fourth-order valence-electron chi connectivity index (χ4n) is 1.39. The van der Waals surface area contributed by atoms with Crippen LogP contribution in [0.2, 0.25) is 0 Å². The fourth-order valence-corrected chi connectivity index (χ4v) is 2.22. The maximum Gasteiger partial charge on any atom is 0.330 e. The molecule has 3 nitrogen and oxygen atoms in total. The van der Waals surface area contributed by atoms with Crippen LogP contribution in [-0.2, 0) is 9.84 Å². The lowest BCUT2D eigenvalue weighted by atomic mass is 10.3. The van der Waals surface area contributed by atoms with Crippen LogP contribution in [0.3, 0.4) is 0 Å². The number of ether oxygens (including phenoxy) is 2. The van der Waals surface area contributed by atoms with E-state index in [2.05, 4.69) is 11.7 Å². The smallest absolute Gasteiger partial charge is 0.330 e. The van der Waals surface area contributed by atoms with E-state index in [0.29, 0.717) is 5.75 Å². The number of methoxy groups -OCH3 is 1. The molecule has 19 heavy (non-hydrogen) atoms. The van der Waals surface area contributed by atoms with E-state index in [4.69, 9.17) is 4.74 Å². The molecule has 0 amide bonds. The molecular formula is C15H21O3S. The third-order valence-electron chi connectivity index (χ3n) is 2.58. The summed E-state index contributed by atoms with van der Waals surface area (Å²) in [6, 6.07) is 7.95. The van der Waals surface area contributed by atoms with Crippen LogP contribution in [0.15, 0.2) is 40.7 Å². The average molecular weight is 281 g/mol. The van der Waals surface area contributed by atoms with Crippen molar-refractivity contribution in [1.82, 2.24) is 0 Å². The summed E-state index contributed by atoms with van der Waals surface area (Å²) >= 11 is 1.62. The molecule has 105 valence electrons. The first-order chi connectivity index (χ1) is 9.17. The van der Waals surface area contributed by atoms with Crippen molar-refractivity contribution < 1.29 is 14.6 Å². The lowest BCUT2D eigenvalue weighted by Crippen LogP contribution is -1.96. The van der Waals surface area contributed by atoms with Crippen LogP contribution in [0.25, 0.3) is 0 Å². The van der Waals surface area contributed by atoms with Gasteiger partial charge in [-0.05, 0) is 37.6 Å². The van der Waals surface area contributed by atoms with Gasteiger partial charge in [-0.25, -0.2) is 5.11 Å². The van der Waals surface area contributed by atoms with Crippen LogP contribution in [0.4, 0.5) is 0 Å². The van der Waals surface area contributed by atoms with Crippen molar-refractivity contribution >= 4 is 11.8 Å². The Morgan fingerprint density at radius 1 is 1.26 bits per heavy atom. The number of benzene rings is 1. The highest BCUT2D eigenvalue weighted by Crippen LogP contribution is 2.24. The van der Waals surface area contributed by atoms with Gasteiger partial charge < -0.3 is 9.47 Å². The van der Waals surface area contributed by atoms with Crippen molar-refractivity contribution in [2.45, 2.75) is 31.6 Å². The standard InChI is InChI=1S/C15H21O3S/c1-4-5-10-18-13-6-8-14(9-7-13)19-11-12(2)15(16)17-3/h6-9H,4-5,10-11H2,1-3H3. The molecule has 0 aliphatic rings. The van der Waals surface area contributed by atoms with Crippen LogP contribution in [0.5, 0.6) is 5.75 Å². The molecule has 0 fully saturated rings. The largest absolute Gasteiger partial charge is 0.494 e. The van der Waals surface area contributed by atoms with Gasteiger partial charge in [0.1, 0.15) is 5.75 Å². The van der Waals surface area contributed by atoms with Crippen molar-refractivity contribution in [2.24, 2.45) is 0 Å². The number of rotatable bonds is 8. The molecule has 0 N–H and O–H groups in total. The van der Waals surface area contributed by atoms with Crippen molar-refractivity contribution in [3.05, 3.63) is 35.8 Å². The van der Waals surface area contributed by atoms with E-state index in [1.807, 2.05) is 24.3 Å². The molecule has 0 spiro atoms. The normalized spacial score (nSPS) is 11.9. The van der Waals surface area contributed by atoms with Gasteiger partial charge in [0.05, 0.1) is 13.7 Å². The molecule has 4 heteroatoms. The van der Waals surface area contributed by atoms with E-state index < -0.39 is 0 Å². The summed E-state index contributed by atoms with van der Waals surface area (Å²) in [4.78, 5) is 1.12. The molecule has 0 unspecified atom stereocenters. The summed E-state index contributed by atoms with van der Waals surface area (Å²) < 4.78 is 10.3. The van der Waals surface area contributed by atoms with E-state index in [0.717, 1.165) is 35.7 Å². The topological polar surface area (TPSA) is 38.4 Å². The number of hydrogen-bond acceptors (Lipinski definition) is 3. The van der Waals surface area contributed by atoms with Gasteiger partial charge in [-0.2, -0.15) is 0 Å². The predicted octanol–water partition coefficient (Wildman–Crippen LogP) is 4.27. The first-order valence-electron chi connectivity index (χ1n) is 6.43. The van der Waals surface area contributed by atoms with Gasteiger partial charge in [0, 0.05) is 16.2 Å². The van der Waals surface area contributed by atoms with Gasteiger partial charge in [-0.3, -0.25) is 0 Å². The summed E-state index contributed by atoms with van der Waals surface area (Å²) in [7, 11) is 1.40. The second kappa shape index (κ2) is 8.75. The Kier molecular flexibility index (Phi) is 7.26. The summed E-state index contributed by atoms with van der Waals surface area (Å²) in [5.41, 5.74) is 0.718. The zero-order chi connectivity index (χ0) is 14.1. The van der Waals surface area contributed by atoms with Crippen molar-refractivity contribution in [1.29, 1.82) is 0 Å². The third-order valence-corrected chi connectivity index (χ3v) is 3.76. The Morgan fingerprint density at radius 3 is 2.53 bits per heavy atom. The van der Waals surface area contributed by atoms with Crippen molar-refractivity contribution in [3.63, 3.8) is 0 Å².